The van der Waals surface area contributed by atoms with Crippen LogP contribution in [0.1, 0.15) is 16.1 Å². The third-order valence-electron chi connectivity index (χ3n) is 4.04. The molecule has 3 aromatic rings. The number of nitrogens with one attached hydrogen (secondary N) is 2. The van der Waals surface area contributed by atoms with Crippen LogP contribution in [-0.2, 0) is 6.54 Å². The van der Waals surface area contributed by atoms with Crippen molar-refractivity contribution in [1.82, 2.24) is 10.3 Å². The van der Waals surface area contributed by atoms with E-state index in [1.165, 1.54) is 0 Å². The molecule has 7 nitrogen and oxygen atoms in total. The lowest BCUT2D eigenvalue weighted by Crippen LogP contribution is -2.36. The van der Waals surface area contributed by atoms with Gasteiger partial charge in [0.25, 0.3) is 5.91 Å². The number of carbonyl (C=O) groups is 1. The van der Waals surface area contributed by atoms with E-state index < -0.39 is 0 Å². The maximum Gasteiger partial charge on any atom is 0.257 e. The molecule has 1 heterocycles. The first kappa shape index (κ1) is 19.9. The Hall–Kier alpha value is -3.87. The van der Waals surface area contributed by atoms with Crippen LogP contribution in [0, 0.1) is 0 Å². The highest BCUT2D eigenvalue weighted by atomic mass is 16.5. The maximum absolute atomic E-state index is 12.6. The van der Waals surface area contributed by atoms with Gasteiger partial charge in [-0.25, -0.2) is 4.99 Å². The molecule has 29 heavy (non-hydrogen) atoms. The van der Waals surface area contributed by atoms with E-state index in [0.717, 1.165) is 5.69 Å². The lowest BCUT2D eigenvalue weighted by molar-refractivity contribution is 0.0977. The molecule has 7 heteroatoms. The van der Waals surface area contributed by atoms with Crippen LogP contribution in [0.4, 0.5) is 5.69 Å². The maximum atomic E-state index is 12.6. The Morgan fingerprint density at radius 1 is 0.966 bits per heavy atom. The number of methoxy groups -OCH3 is 2. The molecule has 0 aliphatic carbocycles. The van der Waals surface area contributed by atoms with Gasteiger partial charge in [0.05, 0.1) is 26.5 Å². The normalized spacial score (nSPS) is 10.9. The molecule has 0 spiro atoms. The Kier molecular flexibility index (Phi) is 6.78. The smallest absolute Gasteiger partial charge is 0.257 e. The van der Waals surface area contributed by atoms with Gasteiger partial charge >= 0.3 is 0 Å². The minimum atomic E-state index is -0.265. The fraction of sp³-hybridized carbons (Fsp3) is 0.136. The number of aromatic nitrogens is 1. The molecule has 0 fully saturated rings. The minimum absolute atomic E-state index is 0.265. The van der Waals surface area contributed by atoms with Crippen molar-refractivity contribution >= 4 is 17.6 Å². The summed E-state index contributed by atoms with van der Waals surface area (Å²) in [6.07, 6.45) is 1.70. The van der Waals surface area contributed by atoms with Crippen molar-refractivity contribution in [2.75, 3.05) is 19.5 Å². The zero-order valence-electron chi connectivity index (χ0n) is 16.3. The van der Waals surface area contributed by atoms with E-state index in [9.17, 15) is 4.79 Å². The summed E-state index contributed by atoms with van der Waals surface area (Å²) in [5.41, 5.74) is 2.01. The fourth-order valence-corrected chi connectivity index (χ4v) is 2.58. The first-order valence-electron chi connectivity index (χ1n) is 8.99. The van der Waals surface area contributed by atoms with Gasteiger partial charge in [0.1, 0.15) is 0 Å². The van der Waals surface area contributed by atoms with Crippen molar-refractivity contribution in [3.8, 4) is 11.5 Å². The summed E-state index contributed by atoms with van der Waals surface area (Å²) in [5, 5.41) is 5.95. The lowest BCUT2D eigenvalue weighted by atomic mass is 10.2. The van der Waals surface area contributed by atoms with Gasteiger partial charge in [-0.3, -0.25) is 15.1 Å². The molecular weight excluding hydrogens is 368 g/mol. The highest BCUT2D eigenvalue weighted by Crippen LogP contribution is 2.29. The number of ether oxygens (including phenoxy) is 2. The van der Waals surface area contributed by atoms with Crippen molar-refractivity contribution < 1.29 is 14.3 Å². The molecule has 0 bridgehead atoms. The third-order valence-corrected chi connectivity index (χ3v) is 4.04. The van der Waals surface area contributed by atoms with Crippen molar-refractivity contribution in [3.63, 3.8) is 0 Å². The number of hydrogen-bond acceptors (Lipinski definition) is 5. The van der Waals surface area contributed by atoms with Crippen LogP contribution < -0.4 is 20.1 Å². The Labute approximate surface area is 169 Å². The van der Waals surface area contributed by atoms with E-state index in [4.69, 9.17) is 9.47 Å². The number of guanidine groups is 1. The number of amides is 1. The van der Waals surface area contributed by atoms with Crippen LogP contribution in [0.3, 0.4) is 0 Å². The second-order valence-corrected chi connectivity index (χ2v) is 6.00. The minimum Gasteiger partial charge on any atom is -0.493 e. The van der Waals surface area contributed by atoms with Gasteiger partial charge in [-0.05, 0) is 36.4 Å². The van der Waals surface area contributed by atoms with Crippen LogP contribution in [0.2, 0.25) is 0 Å². The second kappa shape index (κ2) is 9.89. The van der Waals surface area contributed by atoms with Crippen LogP contribution in [0.15, 0.2) is 77.9 Å². The van der Waals surface area contributed by atoms with E-state index in [1.54, 1.807) is 56.8 Å². The largest absolute Gasteiger partial charge is 0.493 e. The molecule has 148 valence electrons. The summed E-state index contributed by atoms with van der Waals surface area (Å²) >= 11 is 0. The summed E-state index contributed by atoms with van der Waals surface area (Å²) in [6, 6.07) is 19.9. The van der Waals surface area contributed by atoms with Gasteiger partial charge in [0.15, 0.2) is 11.5 Å². The van der Waals surface area contributed by atoms with Crippen LogP contribution in [-0.4, -0.2) is 31.1 Å². The molecule has 2 N–H and O–H groups in total. The van der Waals surface area contributed by atoms with Crippen LogP contribution in [0.5, 0.6) is 11.5 Å². The number of hydrogen-bond donors (Lipinski definition) is 2. The number of carbonyl (C=O) groups excluding carboxylic acids is 1. The van der Waals surface area contributed by atoms with Gasteiger partial charge in [0, 0.05) is 23.5 Å². The van der Waals surface area contributed by atoms with Gasteiger partial charge in [-0.15, -0.1) is 0 Å². The SMILES string of the molecule is COc1ccc(NC(=NCc2ccccn2)NC(=O)c2ccccc2)cc1OC. The molecular formula is C22H22N4O3. The molecule has 0 radical (unpaired) electrons. The van der Waals surface area contributed by atoms with E-state index in [-0.39, 0.29) is 5.91 Å². The number of rotatable bonds is 6. The average molecular weight is 390 g/mol. The second-order valence-electron chi connectivity index (χ2n) is 6.00. The summed E-state index contributed by atoms with van der Waals surface area (Å²) in [6.45, 7) is 0.311. The van der Waals surface area contributed by atoms with Crippen LogP contribution >= 0.6 is 0 Å². The Balaban J connectivity index is 1.83. The molecule has 0 saturated carbocycles. The van der Waals surface area contributed by atoms with Gasteiger partial charge < -0.3 is 14.8 Å². The Bertz CT molecular complexity index is 976. The zero-order valence-corrected chi connectivity index (χ0v) is 16.3. The molecule has 0 aliphatic heterocycles. The predicted octanol–water partition coefficient (Wildman–Crippen LogP) is 3.50. The summed E-state index contributed by atoms with van der Waals surface area (Å²) in [5.74, 6) is 1.21. The molecule has 1 amide bonds. The van der Waals surface area contributed by atoms with Crippen molar-refractivity contribution in [3.05, 3.63) is 84.2 Å². The van der Waals surface area contributed by atoms with Crippen LogP contribution in [0.25, 0.3) is 0 Å². The molecule has 0 atom stereocenters. The Morgan fingerprint density at radius 3 is 2.41 bits per heavy atom. The standard InChI is InChI=1S/C22H22N4O3/c1-28-19-12-11-17(14-20(19)29-2)25-22(24-15-18-10-6-7-13-23-18)26-21(27)16-8-4-3-5-9-16/h3-14H,15H2,1-2H3,(H2,24,25,26,27). The van der Waals surface area contributed by atoms with Gasteiger partial charge in [-0.2, -0.15) is 0 Å². The number of pyridine rings is 1. The molecule has 0 saturated heterocycles. The first-order valence-corrected chi connectivity index (χ1v) is 8.99. The van der Waals surface area contributed by atoms with E-state index in [1.807, 2.05) is 30.3 Å². The molecule has 2 aromatic carbocycles. The third kappa shape index (κ3) is 5.55. The number of anilines is 1. The quantitative estimate of drug-likeness (QED) is 0.497. The summed E-state index contributed by atoms with van der Waals surface area (Å²) in [4.78, 5) is 21.3. The summed E-state index contributed by atoms with van der Waals surface area (Å²) in [7, 11) is 3.14. The average Bonchev–Trinajstić information content (AvgIpc) is 2.78. The Morgan fingerprint density at radius 2 is 1.72 bits per heavy atom. The number of aliphatic imine (C=N–C) groups is 1. The van der Waals surface area contributed by atoms with Crippen molar-refractivity contribution in [2.24, 2.45) is 4.99 Å². The highest BCUT2D eigenvalue weighted by Gasteiger charge is 2.11. The van der Waals surface area contributed by atoms with E-state index >= 15 is 0 Å². The zero-order chi connectivity index (χ0) is 20.5. The van der Waals surface area contributed by atoms with Gasteiger partial charge in [0.2, 0.25) is 5.96 Å². The molecule has 0 aliphatic rings. The van der Waals surface area contributed by atoms with Gasteiger partial charge in [-0.1, -0.05) is 24.3 Å². The fourth-order valence-electron chi connectivity index (χ4n) is 2.58. The molecule has 0 unspecified atom stereocenters. The molecule has 1 aromatic heterocycles. The topological polar surface area (TPSA) is 84.8 Å². The highest BCUT2D eigenvalue weighted by molar-refractivity contribution is 6.10. The van der Waals surface area contributed by atoms with E-state index in [2.05, 4.69) is 20.6 Å². The van der Waals surface area contributed by atoms with Crippen molar-refractivity contribution in [2.45, 2.75) is 6.54 Å². The first-order chi connectivity index (χ1) is 14.2. The van der Waals surface area contributed by atoms with E-state index in [0.29, 0.717) is 35.3 Å². The monoisotopic (exact) mass is 390 g/mol. The summed E-state index contributed by atoms with van der Waals surface area (Å²) < 4.78 is 10.6. The number of benzene rings is 2. The predicted molar refractivity (Wildman–Crippen MR) is 112 cm³/mol. The number of nitrogens with zero attached hydrogens (tertiary/aromatic N) is 2. The lowest BCUT2D eigenvalue weighted by Gasteiger charge is -2.14. The van der Waals surface area contributed by atoms with Crippen molar-refractivity contribution in [1.29, 1.82) is 0 Å². The molecule has 3 rings (SSSR count).